The number of hydrogen-bond acceptors (Lipinski definition) is 7. The first-order valence-corrected chi connectivity index (χ1v) is 11.0. The smallest absolute Gasteiger partial charge is 0.250 e. The van der Waals surface area contributed by atoms with Crippen LogP contribution in [0.25, 0.3) is 10.8 Å². The molecule has 0 saturated carbocycles. The normalized spacial score (nSPS) is 13.6. The van der Waals surface area contributed by atoms with Crippen molar-refractivity contribution in [2.24, 2.45) is 5.10 Å². The zero-order chi connectivity index (χ0) is 22.5. The number of piperidine rings is 1. The highest BCUT2D eigenvalue weighted by Crippen LogP contribution is 2.21. The molecule has 0 amide bonds. The Morgan fingerprint density at radius 3 is 2.38 bits per heavy atom. The van der Waals surface area contributed by atoms with Crippen LogP contribution in [-0.2, 0) is 0 Å². The largest absolute Gasteiger partial charge is 0.341 e. The molecular weight excluding hydrogens is 453 g/mol. The summed E-state index contributed by atoms with van der Waals surface area (Å²) in [5.41, 5.74) is 4.64. The predicted octanol–water partition coefficient (Wildman–Crippen LogP) is 5.77. The fourth-order valence-electron chi connectivity index (χ4n) is 3.89. The van der Waals surface area contributed by atoms with Crippen LogP contribution < -0.4 is 15.6 Å². The Morgan fingerprint density at radius 2 is 1.56 bits per heavy atom. The Hall–Kier alpha value is -3.78. The molecule has 0 atom stereocenters. The molecule has 0 unspecified atom stereocenters. The summed E-state index contributed by atoms with van der Waals surface area (Å²) in [6, 6.07) is 20.3. The number of aromatic nitrogens is 3. The van der Waals surface area contributed by atoms with E-state index in [1.165, 1.54) is 18.6 Å². The molecule has 0 radical (unpaired) electrons. The van der Waals surface area contributed by atoms with Gasteiger partial charge in [-0.3, -0.25) is 0 Å². The third-order valence-electron chi connectivity index (χ3n) is 5.55. The maximum atomic E-state index is 13.3. The molecule has 1 aliphatic heterocycles. The Bertz CT molecular complexity index is 1270. The van der Waals surface area contributed by atoms with Gasteiger partial charge in [0.05, 0.1) is 6.21 Å². The molecular formula is C25H25ClFN7. The summed E-state index contributed by atoms with van der Waals surface area (Å²) in [5, 5.41) is 9.79. The van der Waals surface area contributed by atoms with Crippen molar-refractivity contribution in [3.05, 3.63) is 78.1 Å². The average molecular weight is 478 g/mol. The van der Waals surface area contributed by atoms with Gasteiger partial charge in [-0.1, -0.05) is 42.5 Å². The van der Waals surface area contributed by atoms with Gasteiger partial charge in [0.25, 0.3) is 0 Å². The van der Waals surface area contributed by atoms with Gasteiger partial charge < -0.3 is 10.2 Å². The zero-order valence-corrected chi connectivity index (χ0v) is 19.3. The van der Waals surface area contributed by atoms with Crippen LogP contribution >= 0.6 is 12.4 Å². The minimum absolute atomic E-state index is 0. The van der Waals surface area contributed by atoms with Crippen molar-refractivity contribution >= 4 is 52.9 Å². The fraction of sp³-hybridized carbons (Fsp3) is 0.200. The number of nitrogens with zero attached hydrogens (tertiary/aromatic N) is 5. The number of halogens is 2. The summed E-state index contributed by atoms with van der Waals surface area (Å²) >= 11 is 0. The van der Waals surface area contributed by atoms with Crippen LogP contribution in [0, 0.1) is 5.82 Å². The van der Waals surface area contributed by atoms with Crippen LogP contribution in [0.1, 0.15) is 24.8 Å². The van der Waals surface area contributed by atoms with Gasteiger partial charge in [0.1, 0.15) is 5.82 Å². The van der Waals surface area contributed by atoms with E-state index in [-0.39, 0.29) is 18.2 Å². The molecule has 3 aromatic carbocycles. The second-order valence-electron chi connectivity index (χ2n) is 7.90. The third kappa shape index (κ3) is 5.58. The van der Waals surface area contributed by atoms with E-state index >= 15 is 0 Å². The molecule has 2 heterocycles. The summed E-state index contributed by atoms with van der Waals surface area (Å²) in [6.07, 6.45) is 5.19. The van der Waals surface area contributed by atoms with Crippen LogP contribution in [-0.4, -0.2) is 34.3 Å². The first-order chi connectivity index (χ1) is 16.2. The third-order valence-corrected chi connectivity index (χ3v) is 5.55. The van der Waals surface area contributed by atoms with Gasteiger partial charge in [-0.05, 0) is 54.3 Å². The predicted molar refractivity (Wildman–Crippen MR) is 138 cm³/mol. The molecule has 0 aliphatic carbocycles. The fourth-order valence-corrected chi connectivity index (χ4v) is 3.89. The molecule has 1 aliphatic rings. The highest BCUT2D eigenvalue weighted by molar-refractivity contribution is 5.99. The lowest BCUT2D eigenvalue weighted by atomic mass is 10.1. The molecule has 2 N–H and O–H groups in total. The highest BCUT2D eigenvalue weighted by atomic mass is 35.5. The van der Waals surface area contributed by atoms with Crippen molar-refractivity contribution in [3.8, 4) is 0 Å². The highest BCUT2D eigenvalue weighted by Gasteiger charge is 2.16. The standard InChI is InChI=1S/C25H24FN7.ClH/c26-20-11-13-21(14-12-20)28-23-29-24(31-25(30-23)33-15-4-1-5-16-33)32-27-17-19-9-6-8-18-7-2-3-10-22(18)19;/h2-3,6-14,17H,1,4-5,15-16H2,(H2,28,29,30,31,32);1H. The van der Waals surface area contributed by atoms with Gasteiger partial charge >= 0.3 is 0 Å². The van der Waals surface area contributed by atoms with Crippen LogP contribution in [0.2, 0.25) is 0 Å². The molecule has 34 heavy (non-hydrogen) atoms. The topological polar surface area (TPSA) is 78.3 Å². The minimum atomic E-state index is -0.296. The van der Waals surface area contributed by atoms with Crippen LogP contribution in [0.5, 0.6) is 0 Å². The first kappa shape index (κ1) is 23.4. The number of hydrogen-bond donors (Lipinski definition) is 2. The Kier molecular flexibility index (Phi) is 7.49. The number of fused-ring (bicyclic) bond motifs is 1. The van der Waals surface area contributed by atoms with Gasteiger partial charge in [0.2, 0.25) is 17.8 Å². The lowest BCUT2D eigenvalue weighted by Gasteiger charge is -2.26. The molecule has 0 bridgehead atoms. The van der Waals surface area contributed by atoms with Gasteiger partial charge in [0.15, 0.2) is 0 Å². The molecule has 5 rings (SSSR count). The SMILES string of the molecule is Cl.Fc1ccc(Nc2nc(NN=Cc3cccc4ccccc34)nc(N3CCCCC3)n2)cc1. The first-order valence-electron chi connectivity index (χ1n) is 11.0. The summed E-state index contributed by atoms with van der Waals surface area (Å²) < 4.78 is 13.3. The van der Waals surface area contributed by atoms with E-state index in [2.05, 4.69) is 53.9 Å². The number of rotatable bonds is 6. The Balaban J connectivity index is 0.00000274. The van der Waals surface area contributed by atoms with Gasteiger partial charge in [0, 0.05) is 24.3 Å². The van der Waals surface area contributed by atoms with Crippen molar-refractivity contribution in [2.45, 2.75) is 19.3 Å². The van der Waals surface area contributed by atoms with E-state index in [0.29, 0.717) is 23.5 Å². The maximum Gasteiger partial charge on any atom is 0.250 e. The second kappa shape index (κ2) is 10.9. The van der Waals surface area contributed by atoms with E-state index in [1.807, 2.05) is 24.3 Å². The van der Waals surface area contributed by atoms with E-state index in [4.69, 9.17) is 0 Å². The van der Waals surface area contributed by atoms with Crippen LogP contribution in [0.4, 0.5) is 27.9 Å². The van der Waals surface area contributed by atoms with E-state index in [9.17, 15) is 4.39 Å². The Labute approximate surface area is 203 Å². The van der Waals surface area contributed by atoms with Crippen molar-refractivity contribution in [2.75, 3.05) is 28.7 Å². The van der Waals surface area contributed by atoms with E-state index in [1.54, 1.807) is 18.3 Å². The molecule has 0 spiro atoms. The number of benzene rings is 3. The van der Waals surface area contributed by atoms with Crippen LogP contribution in [0.15, 0.2) is 71.8 Å². The van der Waals surface area contributed by atoms with Crippen LogP contribution in [0.3, 0.4) is 0 Å². The van der Waals surface area contributed by atoms with Gasteiger partial charge in [-0.15, -0.1) is 12.4 Å². The molecule has 7 nitrogen and oxygen atoms in total. The lowest BCUT2D eigenvalue weighted by molar-refractivity contribution is 0.568. The summed E-state index contributed by atoms with van der Waals surface area (Å²) in [7, 11) is 0. The zero-order valence-electron chi connectivity index (χ0n) is 18.5. The number of anilines is 4. The summed E-state index contributed by atoms with van der Waals surface area (Å²) in [5.74, 6) is 1.01. The van der Waals surface area contributed by atoms with Gasteiger partial charge in [-0.2, -0.15) is 20.1 Å². The van der Waals surface area contributed by atoms with Gasteiger partial charge in [-0.25, -0.2) is 9.82 Å². The second-order valence-corrected chi connectivity index (χ2v) is 7.90. The van der Waals surface area contributed by atoms with Crippen molar-refractivity contribution in [1.29, 1.82) is 0 Å². The monoisotopic (exact) mass is 477 g/mol. The Morgan fingerprint density at radius 1 is 0.824 bits per heavy atom. The van der Waals surface area contributed by atoms with Crippen molar-refractivity contribution in [1.82, 2.24) is 15.0 Å². The molecule has 1 fully saturated rings. The summed E-state index contributed by atoms with van der Waals surface area (Å²) in [4.78, 5) is 15.8. The number of nitrogens with one attached hydrogen (secondary N) is 2. The molecule has 4 aromatic rings. The average Bonchev–Trinajstić information content (AvgIpc) is 2.86. The number of hydrazone groups is 1. The minimum Gasteiger partial charge on any atom is -0.341 e. The summed E-state index contributed by atoms with van der Waals surface area (Å²) in [6.45, 7) is 1.80. The van der Waals surface area contributed by atoms with E-state index in [0.717, 1.165) is 42.3 Å². The molecule has 9 heteroatoms. The molecule has 1 aromatic heterocycles. The van der Waals surface area contributed by atoms with Crippen molar-refractivity contribution in [3.63, 3.8) is 0 Å². The maximum absolute atomic E-state index is 13.3. The molecule has 174 valence electrons. The molecule has 1 saturated heterocycles. The lowest BCUT2D eigenvalue weighted by Crippen LogP contribution is -2.31. The van der Waals surface area contributed by atoms with Crippen molar-refractivity contribution < 1.29 is 4.39 Å². The van der Waals surface area contributed by atoms with E-state index < -0.39 is 0 Å². The quantitative estimate of drug-likeness (QED) is 0.271.